The quantitative estimate of drug-likeness (QED) is 0.590. The first-order chi connectivity index (χ1) is 5.74. The minimum absolute atomic E-state index is 0. The maximum atomic E-state index is 5.51. The van der Waals surface area contributed by atoms with E-state index in [0.29, 0.717) is 11.8 Å². The van der Waals surface area contributed by atoms with Crippen LogP contribution in [-0.4, -0.2) is 27.2 Å². The number of rotatable bonds is 4. The van der Waals surface area contributed by atoms with Crippen molar-refractivity contribution in [3.63, 3.8) is 0 Å². The summed E-state index contributed by atoms with van der Waals surface area (Å²) in [5, 5.41) is 6.94. The standard InChI is InChI=1S/C6H12ClN5.ClH/c1-12-6(9-4-2-3-7)10-5(8)11-12;/h2-4H2,1H3,(H3,8,9,10,11);1H. The molecule has 0 bridgehead atoms. The summed E-state index contributed by atoms with van der Waals surface area (Å²) in [6.45, 7) is 0.787. The Morgan fingerprint density at radius 3 is 2.77 bits per heavy atom. The number of nitrogen functional groups attached to an aromatic ring is 1. The average molecular weight is 226 g/mol. The molecule has 7 heteroatoms. The summed E-state index contributed by atoms with van der Waals surface area (Å²) in [6.07, 6.45) is 0.897. The number of anilines is 2. The highest BCUT2D eigenvalue weighted by Gasteiger charge is 2.01. The highest BCUT2D eigenvalue weighted by atomic mass is 35.5. The van der Waals surface area contributed by atoms with Gasteiger partial charge in [0.1, 0.15) is 0 Å². The van der Waals surface area contributed by atoms with Gasteiger partial charge in [-0.05, 0) is 6.42 Å². The second kappa shape index (κ2) is 5.88. The van der Waals surface area contributed by atoms with E-state index in [0.717, 1.165) is 13.0 Å². The van der Waals surface area contributed by atoms with Crippen molar-refractivity contribution in [2.24, 2.45) is 7.05 Å². The van der Waals surface area contributed by atoms with Gasteiger partial charge in [-0.2, -0.15) is 4.98 Å². The van der Waals surface area contributed by atoms with E-state index in [-0.39, 0.29) is 18.4 Å². The maximum absolute atomic E-state index is 5.51. The van der Waals surface area contributed by atoms with Crippen LogP contribution in [0, 0.1) is 0 Å². The van der Waals surface area contributed by atoms with Crippen LogP contribution in [-0.2, 0) is 7.05 Å². The van der Waals surface area contributed by atoms with Crippen molar-refractivity contribution in [1.82, 2.24) is 14.8 Å². The van der Waals surface area contributed by atoms with Crippen LogP contribution in [0.5, 0.6) is 0 Å². The summed E-state index contributed by atoms with van der Waals surface area (Å²) in [7, 11) is 1.78. The van der Waals surface area contributed by atoms with Crippen molar-refractivity contribution in [1.29, 1.82) is 0 Å². The van der Waals surface area contributed by atoms with Gasteiger partial charge in [0.2, 0.25) is 11.9 Å². The average Bonchev–Trinajstić information content (AvgIpc) is 2.31. The van der Waals surface area contributed by atoms with E-state index in [9.17, 15) is 0 Å². The normalized spacial score (nSPS) is 9.38. The Morgan fingerprint density at radius 2 is 2.31 bits per heavy atom. The Balaban J connectivity index is 0.00000144. The summed E-state index contributed by atoms with van der Waals surface area (Å²) >= 11 is 5.51. The Labute approximate surface area is 88.1 Å². The molecule has 0 aliphatic carbocycles. The van der Waals surface area contributed by atoms with Crippen molar-refractivity contribution in [2.45, 2.75) is 6.42 Å². The third-order valence-corrected chi connectivity index (χ3v) is 1.64. The number of hydrogen-bond acceptors (Lipinski definition) is 4. The van der Waals surface area contributed by atoms with Gasteiger partial charge in [0.05, 0.1) is 0 Å². The van der Waals surface area contributed by atoms with Gasteiger partial charge in [-0.15, -0.1) is 29.1 Å². The molecule has 3 N–H and O–H groups in total. The number of aryl methyl sites for hydroxylation is 1. The van der Waals surface area contributed by atoms with E-state index < -0.39 is 0 Å². The van der Waals surface area contributed by atoms with Crippen LogP contribution < -0.4 is 11.1 Å². The van der Waals surface area contributed by atoms with Crippen LogP contribution in [0.25, 0.3) is 0 Å². The molecule has 0 radical (unpaired) electrons. The largest absolute Gasteiger partial charge is 0.366 e. The molecular weight excluding hydrogens is 213 g/mol. The number of nitrogens with two attached hydrogens (primary N) is 1. The van der Waals surface area contributed by atoms with Gasteiger partial charge in [-0.25, -0.2) is 4.68 Å². The highest BCUT2D eigenvalue weighted by molar-refractivity contribution is 6.17. The van der Waals surface area contributed by atoms with Gasteiger partial charge >= 0.3 is 0 Å². The number of halogens is 2. The molecule has 0 saturated heterocycles. The van der Waals surface area contributed by atoms with E-state index in [1.807, 2.05) is 0 Å². The maximum Gasteiger partial charge on any atom is 0.241 e. The molecule has 1 aromatic heterocycles. The third kappa shape index (κ3) is 3.69. The first-order valence-corrected chi connectivity index (χ1v) is 4.24. The minimum Gasteiger partial charge on any atom is -0.366 e. The van der Waals surface area contributed by atoms with Crippen LogP contribution >= 0.6 is 24.0 Å². The van der Waals surface area contributed by atoms with Crippen molar-refractivity contribution < 1.29 is 0 Å². The lowest BCUT2D eigenvalue weighted by Gasteiger charge is -2.01. The van der Waals surface area contributed by atoms with Gasteiger partial charge < -0.3 is 11.1 Å². The van der Waals surface area contributed by atoms with E-state index in [2.05, 4.69) is 15.4 Å². The topological polar surface area (TPSA) is 68.8 Å². The first kappa shape index (κ1) is 12.3. The predicted molar refractivity (Wildman–Crippen MR) is 56.5 cm³/mol. The molecule has 13 heavy (non-hydrogen) atoms. The lowest BCUT2D eigenvalue weighted by atomic mass is 10.5. The molecule has 0 saturated carbocycles. The van der Waals surface area contributed by atoms with Crippen molar-refractivity contribution >= 4 is 35.9 Å². The lowest BCUT2D eigenvalue weighted by Crippen LogP contribution is -2.07. The number of nitrogens with one attached hydrogen (secondary N) is 1. The van der Waals surface area contributed by atoms with Gasteiger partial charge in [0.15, 0.2) is 0 Å². The van der Waals surface area contributed by atoms with E-state index >= 15 is 0 Å². The van der Waals surface area contributed by atoms with E-state index in [1.165, 1.54) is 0 Å². The SMILES string of the molecule is Cl.Cn1nc(N)nc1NCCCCl. The predicted octanol–water partition coefficient (Wildman–Crippen LogP) is 0.860. The molecule has 1 rings (SSSR count). The van der Waals surface area contributed by atoms with Gasteiger partial charge in [0, 0.05) is 19.5 Å². The Bertz CT molecular complexity index is 249. The fraction of sp³-hybridized carbons (Fsp3) is 0.667. The molecule has 1 aromatic rings. The summed E-state index contributed by atoms with van der Waals surface area (Å²) < 4.78 is 1.60. The monoisotopic (exact) mass is 225 g/mol. The zero-order valence-corrected chi connectivity index (χ0v) is 8.90. The molecule has 0 atom stereocenters. The van der Waals surface area contributed by atoms with Gasteiger partial charge in [-0.1, -0.05) is 0 Å². The molecule has 0 aliphatic heterocycles. The van der Waals surface area contributed by atoms with Crippen LogP contribution in [0.4, 0.5) is 11.9 Å². The van der Waals surface area contributed by atoms with Crippen LogP contribution in [0.15, 0.2) is 0 Å². The van der Waals surface area contributed by atoms with Crippen LogP contribution in [0.3, 0.4) is 0 Å². The smallest absolute Gasteiger partial charge is 0.241 e. The Morgan fingerprint density at radius 1 is 1.62 bits per heavy atom. The molecule has 0 aromatic carbocycles. The Kier molecular flexibility index (Phi) is 5.57. The molecule has 0 unspecified atom stereocenters. The zero-order valence-electron chi connectivity index (χ0n) is 7.33. The molecule has 0 aliphatic rings. The summed E-state index contributed by atoms with van der Waals surface area (Å²) in [5.74, 6) is 1.60. The van der Waals surface area contributed by atoms with Crippen molar-refractivity contribution in [3.8, 4) is 0 Å². The molecule has 1 heterocycles. The minimum atomic E-state index is 0. The summed E-state index contributed by atoms with van der Waals surface area (Å²) in [4.78, 5) is 3.96. The molecule has 76 valence electrons. The fourth-order valence-electron chi connectivity index (χ4n) is 0.825. The molecule has 0 spiro atoms. The Hall–Kier alpha value is -0.680. The molecule has 5 nitrogen and oxygen atoms in total. The molecule has 0 fully saturated rings. The number of hydrogen-bond donors (Lipinski definition) is 2. The van der Waals surface area contributed by atoms with Gasteiger partial charge in [-0.3, -0.25) is 0 Å². The third-order valence-electron chi connectivity index (χ3n) is 1.37. The first-order valence-electron chi connectivity index (χ1n) is 3.70. The second-order valence-electron chi connectivity index (χ2n) is 2.39. The zero-order chi connectivity index (χ0) is 8.97. The summed E-state index contributed by atoms with van der Waals surface area (Å²) in [6, 6.07) is 0. The van der Waals surface area contributed by atoms with Crippen LogP contribution in [0.2, 0.25) is 0 Å². The molecule has 0 amide bonds. The molecular formula is C6H13Cl2N5. The van der Waals surface area contributed by atoms with E-state index in [4.69, 9.17) is 17.3 Å². The lowest BCUT2D eigenvalue weighted by molar-refractivity contribution is 0.768. The second-order valence-corrected chi connectivity index (χ2v) is 2.76. The van der Waals surface area contributed by atoms with Crippen LogP contribution in [0.1, 0.15) is 6.42 Å². The number of nitrogens with zero attached hydrogens (tertiary/aromatic N) is 3. The number of aromatic nitrogens is 3. The van der Waals surface area contributed by atoms with Crippen molar-refractivity contribution in [3.05, 3.63) is 0 Å². The fourth-order valence-corrected chi connectivity index (χ4v) is 0.959. The number of alkyl halides is 1. The highest BCUT2D eigenvalue weighted by Crippen LogP contribution is 2.03. The summed E-state index contributed by atoms with van der Waals surface area (Å²) in [5.41, 5.74) is 5.37. The van der Waals surface area contributed by atoms with Crippen molar-refractivity contribution in [2.75, 3.05) is 23.5 Å². The van der Waals surface area contributed by atoms with E-state index in [1.54, 1.807) is 11.7 Å². The van der Waals surface area contributed by atoms with Gasteiger partial charge in [0.25, 0.3) is 0 Å².